The molecule has 3 aliphatic rings. The number of nitrogens with two attached hydrogens (primary N) is 1. The summed E-state index contributed by atoms with van der Waals surface area (Å²) < 4.78 is 5.08. The summed E-state index contributed by atoms with van der Waals surface area (Å²) in [6.07, 6.45) is 4.13. The van der Waals surface area contributed by atoms with Crippen LogP contribution in [0, 0.1) is 29.6 Å². The maximum atomic E-state index is 12.5. The molecule has 3 rings (SSSR count). The summed E-state index contributed by atoms with van der Waals surface area (Å²) in [5.74, 6) is 3.84. The van der Waals surface area contributed by atoms with Crippen molar-refractivity contribution in [3.8, 4) is 0 Å². The molecule has 0 radical (unpaired) electrons. The van der Waals surface area contributed by atoms with Gasteiger partial charge < -0.3 is 15.4 Å². The van der Waals surface area contributed by atoms with Gasteiger partial charge in [-0.1, -0.05) is 0 Å². The van der Waals surface area contributed by atoms with Crippen LogP contribution in [0.4, 0.5) is 0 Å². The first-order valence-corrected chi connectivity index (χ1v) is 7.25. The van der Waals surface area contributed by atoms with E-state index >= 15 is 0 Å². The molecular formula is C14H24N2O2. The third-order valence-corrected chi connectivity index (χ3v) is 5.30. The molecule has 4 nitrogen and oxygen atoms in total. The quantitative estimate of drug-likeness (QED) is 0.757. The summed E-state index contributed by atoms with van der Waals surface area (Å²) in [6.45, 7) is 2.52. The maximum absolute atomic E-state index is 12.5. The van der Waals surface area contributed by atoms with Crippen molar-refractivity contribution in [1.29, 1.82) is 0 Å². The Labute approximate surface area is 109 Å². The van der Waals surface area contributed by atoms with Crippen LogP contribution in [0.25, 0.3) is 0 Å². The van der Waals surface area contributed by atoms with E-state index in [9.17, 15) is 4.79 Å². The summed E-state index contributed by atoms with van der Waals surface area (Å²) in [4.78, 5) is 14.5. The molecule has 0 spiro atoms. The third-order valence-electron chi connectivity index (χ3n) is 5.30. The van der Waals surface area contributed by atoms with Crippen molar-refractivity contribution < 1.29 is 9.53 Å². The summed E-state index contributed by atoms with van der Waals surface area (Å²) in [6, 6.07) is 0. The Kier molecular flexibility index (Phi) is 3.32. The molecule has 1 amide bonds. The number of hydrogen-bond acceptors (Lipinski definition) is 3. The fourth-order valence-corrected chi connectivity index (χ4v) is 4.56. The third kappa shape index (κ3) is 1.86. The van der Waals surface area contributed by atoms with Gasteiger partial charge >= 0.3 is 0 Å². The van der Waals surface area contributed by atoms with Crippen molar-refractivity contribution in [3.63, 3.8) is 0 Å². The molecule has 0 aliphatic heterocycles. The average Bonchev–Trinajstić information content (AvgIpc) is 2.81. The van der Waals surface area contributed by atoms with E-state index in [1.54, 1.807) is 7.11 Å². The van der Waals surface area contributed by atoms with Crippen molar-refractivity contribution in [2.24, 2.45) is 35.3 Å². The van der Waals surface area contributed by atoms with Gasteiger partial charge in [-0.05, 0) is 42.9 Å². The summed E-state index contributed by atoms with van der Waals surface area (Å²) >= 11 is 0. The normalized spacial score (nSPS) is 39.8. The van der Waals surface area contributed by atoms with Crippen LogP contribution in [0.15, 0.2) is 0 Å². The molecule has 102 valence electrons. The van der Waals surface area contributed by atoms with Gasteiger partial charge in [0.25, 0.3) is 0 Å². The Morgan fingerprint density at radius 2 is 1.94 bits per heavy atom. The number of methoxy groups -OCH3 is 1. The Morgan fingerprint density at radius 1 is 1.28 bits per heavy atom. The lowest BCUT2D eigenvalue weighted by Gasteiger charge is -2.23. The highest BCUT2D eigenvalue weighted by Gasteiger charge is 2.67. The molecule has 3 saturated carbocycles. The smallest absolute Gasteiger partial charge is 0.226 e. The highest BCUT2D eigenvalue weighted by atomic mass is 16.5. The molecule has 0 aromatic heterocycles. The molecule has 3 aliphatic carbocycles. The molecule has 0 aromatic rings. The van der Waals surface area contributed by atoms with Crippen LogP contribution in [-0.2, 0) is 9.53 Å². The van der Waals surface area contributed by atoms with E-state index < -0.39 is 0 Å². The van der Waals surface area contributed by atoms with Gasteiger partial charge in [0, 0.05) is 32.7 Å². The standard InChI is InChI=1S/C14H24N2O2/c1-18-7-6-16(5-4-15)14(17)13-11-9-2-3-10(8-9)12(11)13/h9-13H,2-8,15H2,1H3. The molecule has 18 heavy (non-hydrogen) atoms. The van der Waals surface area contributed by atoms with Gasteiger partial charge in [0.2, 0.25) is 5.91 Å². The zero-order chi connectivity index (χ0) is 12.7. The second-order valence-electron chi connectivity index (χ2n) is 6.12. The summed E-state index contributed by atoms with van der Waals surface area (Å²) in [5, 5.41) is 0. The molecule has 0 saturated heterocycles. The second kappa shape index (κ2) is 4.82. The van der Waals surface area contributed by atoms with Crippen LogP contribution in [0.3, 0.4) is 0 Å². The first kappa shape index (κ1) is 12.4. The first-order chi connectivity index (χ1) is 8.77. The highest BCUT2D eigenvalue weighted by molar-refractivity contribution is 5.83. The number of carbonyl (C=O) groups is 1. The van der Waals surface area contributed by atoms with Crippen molar-refractivity contribution >= 4 is 5.91 Å². The number of rotatable bonds is 6. The van der Waals surface area contributed by atoms with E-state index in [1.165, 1.54) is 19.3 Å². The van der Waals surface area contributed by atoms with E-state index in [1.807, 2.05) is 4.90 Å². The van der Waals surface area contributed by atoms with Gasteiger partial charge in [0.1, 0.15) is 0 Å². The monoisotopic (exact) mass is 252 g/mol. The first-order valence-electron chi connectivity index (χ1n) is 7.25. The zero-order valence-corrected chi connectivity index (χ0v) is 11.2. The Hall–Kier alpha value is -0.610. The van der Waals surface area contributed by atoms with Crippen LogP contribution in [0.1, 0.15) is 19.3 Å². The molecule has 0 aromatic carbocycles. The topological polar surface area (TPSA) is 55.6 Å². The van der Waals surface area contributed by atoms with E-state index in [4.69, 9.17) is 10.5 Å². The van der Waals surface area contributed by atoms with E-state index in [0.717, 1.165) is 23.7 Å². The van der Waals surface area contributed by atoms with Gasteiger partial charge in [-0.25, -0.2) is 0 Å². The van der Waals surface area contributed by atoms with Crippen molar-refractivity contribution in [1.82, 2.24) is 4.90 Å². The van der Waals surface area contributed by atoms with Crippen molar-refractivity contribution in [2.75, 3.05) is 33.4 Å². The fourth-order valence-electron chi connectivity index (χ4n) is 4.56. The lowest BCUT2D eigenvalue weighted by Crippen LogP contribution is -2.39. The number of nitrogens with zero attached hydrogens (tertiary/aromatic N) is 1. The molecule has 3 fully saturated rings. The SMILES string of the molecule is COCCN(CCN)C(=O)C1C2C3CCC(C3)C12. The van der Waals surface area contributed by atoms with Crippen molar-refractivity contribution in [3.05, 3.63) is 0 Å². The molecule has 2 bridgehead atoms. The lowest BCUT2D eigenvalue weighted by atomic mass is 10.0. The Bertz CT molecular complexity index is 318. The predicted molar refractivity (Wildman–Crippen MR) is 68.8 cm³/mol. The van der Waals surface area contributed by atoms with E-state index in [-0.39, 0.29) is 0 Å². The number of carbonyl (C=O) groups excluding carboxylic acids is 1. The molecule has 4 unspecified atom stereocenters. The largest absolute Gasteiger partial charge is 0.383 e. The zero-order valence-electron chi connectivity index (χ0n) is 11.2. The van der Waals surface area contributed by atoms with Gasteiger partial charge in [-0.15, -0.1) is 0 Å². The van der Waals surface area contributed by atoms with Crippen LogP contribution >= 0.6 is 0 Å². The minimum absolute atomic E-state index is 0.333. The lowest BCUT2D eigenvalue weighted by molar-refractivity contribution is -0.134. The number of ether oxygens (including phenoxy) is 1. The van der Waals surface area contributed by atoms with Gasteiger partial charge in [0.05, 0.1) is 6.61 Å². The Balaban J connectivity index is 1.60. The molecule has 0 heterocycles. The van der Waals surface area contributed by atoms with Crippen LogP contribution in [-0.4, -0.2) is 44.2 Å². The molecule has 4 heteroatoms. The molecular weight excluding hydrogens is 228 g/mol. The van der Waals surface area contributed by atoms with Crippen LogP contribution < -0.4 is 5.73 Å². The minimum Gasteiger partial charge on any atom is -0.383 e. The minimum atomic E-state index is 0.333. The predicted octanol–water partition coefficient (Wildman–Crippen LogP) is 0.712. The van der Waals surface area contributed by atoms with E-state index in [0.29, 0.717) is 38.1 Å². The van der Waals surface area contributed by atoms with Gasteiger partial charge in [-0.3, -0.25) is 4.79 Å². The van der Waals surface area contributed by atoms with Gasteiger partial charge in [0.15, 0.2) is 0 Å². The summed E-state index contributed by atoms with van der Waals surface area (Å²) in [5.41, 5.74) is 5.61. The van der Waals surface area contributed by atoms with Gasteiger partial charge in [-0.2, -0.15) is 0 Å². The van der Waals surface area contributed by atoms with Crippen LogP contribution in [0.5, 0.6) is 0 Å². The van der Waals surface area contributed by atoms with Crippen LogP contribution in [0.2, 0.25) is 0 Å². The fraction of sp³-hybridized carbons (Fsp3) is 0.929. The molecule has 2 N–H and O–H groups in total. The highest BCUT2D eigenvalue weighted by Crippen LogP contribution is 2.69. The average molecular weight is 252 g/mol. The maximum Gasteiger partial charge on any atom is 0.226 e. The summed E-state index contributed by atoms with van der Waals surface area (Å²) in [7, 11) is 1.68. The van der Waals surface area contributed by atoms with Crippen molar-refractivity contribution in [2.45, 2.75) is 19.3 Å². The number of amides is 1. The second-order valence-corrected chi connectivity index (χ2v) is 6.12. The molecule has 4 atom stereocenters. The number of fused-ring (bicyclic) bond motifs is 5. The Morgan fingerprint density at radius 3 is 2.50 bits per heavy atom. The number of hydrogen-bond donors (Lipinski definition) is 1. The van der Waals surface area contributed by atoms with E-state index in [2.05, 4.69) is 0 Å².